The van der Waals surface area contributed by atoms with Gasteiger partial charge in [0.2, 0.25) is 0 Å². The number of fused-ring (bicyclic) bond motifs is 4. The number of pyridine rings is 1. The molecule has 0 saturated carbocycles. The van der Waals surface area contributed by atoms with E-state index in [1.165, 1.54) is 27.6 Å². The molecule has 0 radical (unpaired) electrons. The van der Waals surface area contributed by atoms with Crippen molar-refractivity contribution >= 4 is 44.6 Å². The van der Waals surface area contributed by atoms with Crippen molar-refractivity contribution in [3.63, 3.8) is 0 Å². The molecule has 1 aliphatic heterocycles. The molecule has 0 fully saturated rings. The van der Waals surface area contributed by atoms with E-state index in [-0.39, 0.29) is 26.5 Å². The van der Waals surface area contributed by atoms with E-state index in [2.05, 4.69) is 237 Å². The fourth-order valence-corrected chi connectivity index (χ4v) is 8.74. The Labute approximate surface area is 368 Å². The van der Waals surface area contributed by atoms with Crippen LogP contribution in [0.25, 0.3) is 27.6 Å². The maximum absolute atomic E-state index is 5.06. The van der Waals surface area contributed by atoms with Gasteiger partial charge in [0.15, 0.2) is 0 Å². The van der Waals surface area contributed by atoms with Gasteiger partial charge in [0.05, 0.1) is 0 Å². The number of anilines is 4. The van der Waals surface area contributed by atoms with Crippen LogP contribution in [0, 0.1) is 18.8 Å². The maximum atomic E-state index is 5.06. The second-order valence-corrected chi connectivity index (χ2v) is 16.7. The van der Waals surface area contributed by atoms with E-state index in [0.717, 1.165) is 56.1 Å². The second kappa shape index (κ2) is 15.8. The number of rotatable bonds is 8. The Morgan fingerprint density at radius 1 is 0.533 bits per heavy atom. The van der Waals surface area contributed by atoms with Gasteiger partial charge in [-0.25, -0.2) is 4.98 Å². The molecule has 0 spiro atoms. The minimum Gasteiger partial charge on any atom is -0.493 e. The summed E-state index contributed by atoms with van der Waals surface area (Å²) in [5.74, 6) is 0.870. The molecule has 9 aromatic rings. The SMILES string of the molecule is CC(C)(C)c1cc(Cc2[c-]c3c(cc2)c2ccccc2n3-c2cc(C(C)(c3ccccc3)c3ccccc3)ccn2)[c-]c(N2[CH-]N(c3ccccc3)c3ccccc32)c1.[Pt]. The molecule has 0 amide bonds. The third-order valence-corrected chi connectivity index (χ3v) is 12.0. The molecular weight excluding hydrogens is 912 g/mol. The summed E-state index contributed by atoms with van der Waals surface area (Å²) in [5, 5.41) is 2.34. The van der Waals surface area contributed by atoms with Crippen molar-refractivity contribution in [1.29, 1.82) is 0 Å². The molecule has 0 atom stereocenters. The summed E-state index contributed by atoms with van der Waals surface area (Å²) in [5.41, 5.74) is 13.2. The van der Waals surface area contributed by atoms with Gasteiger partial charge in [-0.1, -0.05) is 135 Å². The Morgan fingerprint density at radius 3 is 1.83 bits per heavy atom. The molecule has 5 heteroatoms. The van der Waals surface area contributed by atoms with Crippen molar-refractivity contribution in [2.75, 3.05) is 9.80 Å². The largest absolute Gasteiger partial charge is 0.493 e. The Kier molecular flexibility index (Phi) is 10.3. The van der Waals surface area contributed by atoms with Crippen molar-refractivity contribution in [3.05, 3.63) is 234 Å². The first-order valence-corrected chi connectivity index (χ1v) is 20.4. The van der Waals surface area contributed by atoms with E-state index < -0.39 is 5.41 Å². The molecule has 0 aliphatic carbocycles. The molecule has 0 N–H and O–H groups in total. The number of hydrogen-bond acceptors (Lipinski definition) is 3. The summed E-state index contributed by atoms with van der Waals surface area (Å²) >= 11 is 0. The van der Waals surface area contributed by atoms with Crippen molar-refractivity contribution in [1.82, 2.24) is 9.55 Å². The summed E-state index contributed by atoms with van der Waals surface area (Å²) in [6.45, 7) is 11.4. The Balaban J connectivity index is 0.00000462. The third kappa shape index (κ3) is 6.93. The molecule has 10 rings (SSSR count). The second-order valence-electron chi connectivity index (χ2n) is 16.7. The van der Waals surface area contributed by atoms with E-state index in [1.54, 1.807) is 0 Å². The van der Waals surface area contributed by atoms with Crippen LogP contribution in [-0.2, 0) is 38.3 Å². The zero-order valence-corrected chi connectivity index (χ0v) is 36.5. The molecule has 0 saturated heterocycles. The predicted molar refractivity (Wildman–Crippen MR) is 244 cm³/mol. The number of nitrogens with zero attached hydrogens (tertiary/aromatic N) is 4. The zero-order valence-electron chi connectivity index (χ0n) is 34.2. The quantitative estimate of drug-likeness (QED) is 0.142. The Morgan fingerprint density at radius 2 is 1.15 bits per heavy atom. The van der Waals surface area contributed by atoms with Crippen LogP contribution in [0.2, 0.25) is 0 Å². The van der Waals surface area contributed by atoms with Gasteiger partial charge in [-0.2, -0.15) is 47.0 Å². The summed E-state index contributed by atoms with van der Waals surface area (Å²) in [4.78, 5) is 9.60. The van der Waals surface area contributed by atoms with Gasteiger partial charge < -0.3 is 14.4 Å². The average molecular weight is 957 g/mol. The normalized spacial score (nSPS) is 12.8. The zero-order chi connectivity index (χ0) is 40.1. The van der Waals surface area contributed by atoms with Gasteiger partial charge in [-0.3, -0.25) is 0 Å². The van der Waals surface area contributed by atoms with Crippen molar-refractivity contribution in [3.8, 4) is 5.82 Å². The number of para-hydroxylation sites is 4. The van der Waals surface area contributed by atoms with Crippen LogP contribution in [0.4, 0.5) is 22.7 Å². The van der Waals surface area contributed by atoms with Crippen LogP contribution < -0.4 is 9.80 Å². The Hall–Kier alpha value is -6.22. The minimum absolute atomic E-state index is 0. The van der Waals surface area contributed by atoms with E-state index in [1.807, 2.05) is 6.20 Å². The standard InChI is InChI=1S/C55H45N4.Pt/c1-54(2,3)44-33-40(34-46(36-44)58-38-57(45-22-12-7-13-23-45)50-26-16-17-27-51(50)58)32-39-28-29-48-47-24-14-15-25-49(47)59(52(48)35-39)53-37-43(30-31-56-53)55(4,41-18-8-5-9-19-41)42-20-10-6-11-21-42;/h5-31,33,36-38H,32H2,1-4H3;/q-3;. The molecule has 298 valence electrons. The van der Waals surface area contributed by atoms with Gasteiger partial charge in [-0.15, -0.1) is 23.8 Å². The minimum atomic E-state index is -0.398. The summed E-state index contributed by atoms with van der Waals surface area (Å²) in [6, 6.07) is 70.7. The molecule has 4 nitrogen and oxygen atoms in total. The van der Waals surface area contributed by atoms with Crippen LogP contribution >= 0.6 is 0 Å². The first-order valence-electron chi connectivity index (χ1n) is 20.4. The van der Waals surface area contributed by atoms with Gasteiger partial charge in [0, 0.05) is 55.3 Å². The molecular formula is C55H45N4Pt-3. The summed E-state index contributed by atoms with van der Waals surface area (Å²) in [6.07, 6.45) is 2.64. The molecule has 1 aliphatic rings. The first kappa shape index (κ1) is 39.3. The smallest absolute Gasteiger partial charge is 0.135 e. The maximum Gasteiger partial charge on any atom is 0.135 e. The summed E-state index contributed by atoms with van der Waals surface area (Å²) < 4.78 is 2.29. The Bertz CT molecular complexity index is 2910. The number of aromatic nitrogens is 2. The van der Waals surface area contributed by atoms with E-state index in [0.29, 0.717) is 6.42 Å². The molecule has 0 unspecified atom stereocenters. The van der Waals surface area contributed by atoms with Crippen LogP contribution in [-0.4, -0.2) is 9.55 Å². The van der Waals surface area contributed by atoms with Gasteiger partial charge in [0.25, 0.3) is 0 Å². The van der Waals surface area contributed by atoms with E-state index in [9.17, 15) is 0 Å². The van der Waals surface area contributed by atoms with Crippen molar-refractivity contribution in [2.45, 2.75) is 44.9 Å². The molecule has 2 aromatic heterocycles. The van der Waals surface area contributed by atoms with E-state index in [4.69, 9.17) is 4.98 Å². The van der Waals surface area contributed by atoms with Crippen LogP contribution in [0.5, 0.6) is 0 Å². The molecule has 7 aromatic carbocycles. The summed E-state index contributed by atoms with van der Waals surface area (Å²) in [7, 11) is 0. The van der Waals surface area contributed by atoms with Crippen molar-refractivity contribution < 1.29 is 21.1 Å². The van der Waals surface area contributed by atoms with Crippen LogP contribution in [0.3, 0.4) is 0 Å². The van der Waals surface area contributed by atoms with Crippen LogP contribution in [0.15, 0.2) is 182 Å². The van der Waals surface area contributed by atoms with Gasteiger partial charge >= 0.3 is 0 Å². The van der Waals surface area contributed by atoms with Crippen molar-refractivity contribution in [2.24, 2.45) is 0 Å². The molecule has 60 heavy (non-hydrogen) atoms. The predicted octanol–water partition coefficient (Wildman–Crippen LogP) is 13.4. The monoisotopic (exact) mass is 956 g/mol. The van der Waals surface area contributed by atoms with Crippen LogP contribution in [0.1, 0.15) is 61.1 Å². The van der Waals surface area contributed by atoms with Gasteiger partial charge in [-0.05, 0) is 83.3 Å². The first-order chi connectivity index (χ1) is 28.8. The fraction of sp³-hybridized carbons (Fsp3) is 0.127. The molecule has 3 heterocycles. The number of benzene rings is 7. The fourth-order valence-electron chi connectivity index (χ4n) is 8.74. The average Bonchev–Trinajstić information content (AvgIpc) is 3.83. The topological polar surface area (TPSA) is 24.3 Å². The molecule has 0 bridgehead atoms. The number of hydrogen-bond donors (Lipinski definition) is 0. The third-order valence-electron chi connectivity index (χ3n) is 12.0. The van der Waals surface area contributed by atoms with E-state index >= 15 is 0 Å². The van der Waals surface area contributed by atoms with Gasteiger partial charge in [0.1, 0.15) is 5.82 Å².